The fraction of sp³-hybridized carbons (Fsp3) is 0.818. The number of hydrogen-bond acceptors (Lipinski definition) is 7. The third-order valence-electron chi connectivity index (χ3n) is 2.35. The lowest BCUT2D eigenvalue weighted by Gasteiger charge is -2.11. The van der Waals surface area contributed by atoms with Crippen LogP contribution in [0, 0.1) is 0 Å². The molecule has 1 aromatic rings. The van der Waals surface area contributed by atoms with Gasteiger partial charge in [-0.05, 0) is 31.4 Å². The average molecular weight is 291 g/mol. The summed E-state index contributed by atoms with van der Waals surface area (Å²) in [6, 6.07) is 0. The highest BCUT2D eigenvalue weighted by Crippen LogP contribution is 2.05. The zero-order valence-electron chi connectivity index (χ0n) is 10.7. The van der Waals surface area contributed by atoms with E-state index in [0.717, 1.165) is 24.7 Å². The zero-order valence-corrected chi connectivity index (χ0v) is 12.3. The van der Waals surface area contributed by atoms with Crippen molar-refractivity contribution in [2.75, 3.05) is 31.7 Å². The first kappa shape index (κ1) is 15.7. The molecule has 1 heterocycles. The number of nitrogens with zero attached hydrogens (tertiary/aromatic N) is 2. The van der Waals surface area contributed by atoms with E-state index in [0.29, 0.717) is 12.4 Å². The Labute approximate surface area is 117 Å². The van der Waals surface area contributed by atoms with E-state index in [1.807, 2.05) is 11.8 Å². The Balaban J connectivity index is 1.89. The van der Waals surface area contributed by atoms with Crippen molar-refractivity contribution >= 4 is 23.5 Å². The molecular formula is C11H21N3O2S2. The number of unbranched alkanes of at least 4 members (excludes halogenated alkanes) is 2. The second kappa shape index (κ2) is 10.5. The van der Waals surface area contributed by atoms with E-state index in [4.69, 9.17) is 4.74 Å². The molecule has 0 aromatic carbocycles. The SMILES string of the molecule is CSCCCCCNCC(O)COc1cnsn1. The number of thioether (sulfide) groups is 1. The van der Waals surface area contributed by atoms with Crippen molar-refractivity contribution in [3.8, 4) is 5.88 Å². The van der Waals surface area contributed by atoms with Crippen molar-refractivity contribution in [2.45, 2.75) is 25.4 Å². The van der Waals surface area contributed by atoms with E-state index in [-0.39, 0.29) is 6.61 Å². The van der Waals surface area contributed by atoms with E-state index < -0.39 is 6.10 Å². The van der Waals surface area contributed by atoms with Gasteiger partial charge in [-0.3, -0.25) is 0 Å². The van der Waals surface area contributed by atoms with Crippen LogP contribution in [0.3, 0.4) is 0 Å². The van der Waals surface area contributed by atoms with Crippen molar-refractivity contribution in [1.82, 2.24) is 14.1 Å². The van der Waals surface area contributed by atoms with Crippen LogP contribution in [-0.4, -0.2) is 51.7 Å². The monoisotopic (exact) mass is 291 g/mol. The van der Waals surface area contributed by atoms with Crippen LogP contribution in [0.2, 0.25) is 0 Å². The van der Waals surface area contributed by atoms with Crippen LogP contribution in [-0.2, 0) is 0 Å². The molecule has 0 spiro atoms. The largest absolute Gasteiger partial charge is 0.473 e. The quantitative estimate of drug-likeness (QED) is 0.601. The number of aliphatic hydroxyl groups excluding tert-OH is 1. The normalized spacial score (nSPS) is 12.6. The van der Waals surface area contributed by atoms with E-state index in [1.165, 1.54) is 18.6 Å². The Morgan fingerprint density at radius 3 is 3.11 bits per heavy atom. The molecule has 1 aromatic heterocycles. The number of hydrogen-bond donors (Lipinski definition) is 2. The van der Waals surface area contributed by atoms with Gasteiger partial charge in [-0.1, -0.05) is 6.42 Å². The number of nitrogens with one attached hydrogen (secondary N) is 1. The molecule has 0 aliphatic heterocycles. The summed E-state index contributed by atoms with van der Waals surface area (Å²) < 4.78 is 13.0. The second-order valence-electron chi connectivity index (χ2n) is 3.97. The molecule has 2 N–H and O–H groups in total. The van der Waals surface area contributed by atoms with Gasteiger partial charge in [0.05, 0.1) is 11.7 Å². The maximum atomic E-state index is 9.65. The van der Waals surface area contributed by atoms with E-state index >= 15 is 0 Å². The molecule has 0 saturated heterocycles. The molecule has 0 aliphatic carbocycles. The van der Waals surface area contributed by atoms with Crippen LogP contribution >= 0.6 is 23.5 Å². The van der Waals surface area contributed by atoms with Gasteiger partial charge in [0.2, 0.25) is 5.88 Å². The number of rotatable bonds is 11. The first-order valence-corrected chi connectivity index (χ1v) is 8.23. The Hall–Kier alpha value is -0.370. The molecule has 5 nitrogen and oxygen atoms in total. The molecular weight excluding hydrogens is 270 g/mol. The fourth-order valence-corrected chi connectivity index (χ4v) is 2.26. The fourth-order valence-electron chi connectivity index (χ4n) is 1.40. The standard InChI is InChI=1S/C11H21N3O2S2/c1-17-6-4-2-3-5-12-7-10(15)9-16-11-8-13-18-14-11/h8,10,12,15H,2-7,9H2,1H3. The molecule has 1 unspecified atom stereocenters. The first-order chi connectivity index (χ1) is 8.83. The van der Waals surface area contributed by atoms with Gasteiger partial charge in [0, 0.05) is 6.54 Å². The van der Waals surface area contributed by atoms with Crippen LogP contribution < -0.4 is 10.1 Å². The molecule has 0 amide bonds. The van der Waals surface area contributed by atoms with Gasteiger partial charge in [-0.2, -0.15) is 16.1 Å². The summed E-state index contributed by atoms with van der Waals surface area (Å²) in [5.41, 5.74) is 0. The third kappa shape index (κ3) is 7.86. The van der Waals surface area contributed by atoms with Crippen molar-refractivity contribution in [2.24, 2.45) is 0 Å². The van der Waals surface area contributed by atoms with Gasteiger partial charge in [-0.25, -0.2) is 0 Å². The average Bonchev–Trinajstić information content (AvgIpc) is 2.88. The summed E-state index contributed by atoms with van der Waals surface area (Å²) >= 11 is 2.99. The van der Waals surface area contributed by atoms with E-state index in [9.17, 15) is 5.11 Å². The lowest BCUT2D eigenvalue weighted by Crippen LogP contribution is -2.32. The predicted molar refractivity (Wildman–Crippen MR) is 76.5 cm³/mol. The van der Waals surface area contributed by atoms with Crippen LogP contribution in [0.15, 0.2) is 6.20 Å². The summed E-state index contributed by atoms with van der Waals surface area (Å²) in [6.45, 7) is 1.76. The molecule has 18 heavy (non-hydrogen) atoms. The van der Waals surface area contributed by atoms with Crippen molar-refractivity contribution < 1.29 is 9.84 Å². The van der Waals surface area contributed by atoms with Crippen LogP contribution in [0.5, 0.6) is 5.88 Å². The number of aromatic nitrogens is 2. The molecule has 1 atom stereocenters. The van der Waals surface area contributed by atoms with Crippen molar-refractivity contribution in [1.29, 1.82) is 0 Å². The zero-order chi connectivity index (χ0) is 13.1. The Kier molecular flexibility index (Phi) is 9.19. The molecule has 0 saturated carbocycles. The molecule has 0 bridgehead atoms. The first-order valence-electron chi connectivity index (χ1n) is 6.11. The summed E-state index contributed by atoms with van der Waals surface area (Å²) in [4.78, 5) is 0. The van der Waals surface area contributed by atoms with E-state index in [2.05, 4.69) is 20.3 Å². The summed E-state index contributed by atoms with van der Waals surface area (Å²) in [5.74, 6) is 1.72. The molecule has 0 radical (unpaired) electrons. The number of aliphatic hydroxyl groups is 1. The Morgan fingerprint density at radius 2 is 2.39 bits per heavy atom. The molecule has 1 rings (SSSR count). The summed E-state index contributed by atoms with van der Waals surface area (Å²) in [5, 5.41) is 12.9. The van der Waals surface area contributed by atoms with Gasteiger partial charge in [0.25, 0.3) is 0 Å². The Bertz CT molecular complexity index is 286. The maximum Gasteiger partial charge on any atom is 0.245 e. The minimum atomic E-state index is -0.502. The highest BCUT2D eigenvalue weighted by molar-refractivity contribution is 7.98. The maximum absolute atomic E-state index is 9.65. The van der Waals surface area contributed by atoms with Crippen molar-refractivity contribution in [3.63, 3.8) is 0 Å². The summed E-state index contributed by atoms with van der Waals surface area (Å²) in [6.07, 6.45) is 6.85. The van der Waals surface area contributed by atoms with Gasteiger partial charge in [-0.15, -0.1) is 4.37 Å². The van der Waals surface area contributed by atoms with Crippen molar-refractivity contribution in [3.05, 3.63) is 6.20 Å². The van der Waals surface area contributed by atoms with Crippen LogP contribution in [0.25, 0.3) is 0 Å². The highest BCUT2D eigenvalue weighted by Gasteiger charge is 2.05. The van der Waals surface area contributed by atoms with Gasteiger partial charge < -0.3 is 15.2 Å². The molecule has 7 heteroatoms. The third-order valence-corrected chi connectivity index (χ3v) is 3.50. The van der Waals surface area contributed by atoms with E-state index in [1.54, 1.807) is 6.20 Å². The summed E-state index contributed by atoms with van der Waals surface area (Å²) in [7, 11) is 0. The second-order valence-corrected chi connectivity index (χ2v) is 5.51. The Morgan fingerprint density at radius 1 is 1.50 bits per heavy atom. The predicted octanol–water partition coefficient (Wildman–Crippen LogP) is 1.40. The van der Waals surface area contributed by atoms with Gasteiger partial charge in [0.1, 0.15) is 18.9 Å². The smallest absolute Gasteiger partial charge is 0.245 e. The minimum absolute atomic E-state index is 0.255. The topological polar surface area (TPSA) is 67.3 Å². The lowest BCUT2D eigenvalue weighted by molar-refractivity contribution is 0.104. The van der Waals surface area contributed by atoms with Gasteiger partial charge >= 0.3 is 0 Å². The van der Waals surface area contributed by atoms with Crippen LogP contribution in [0.4, 0.5) is 0 Å². The van der Waals surface area contributed by atoms with Gasteiger partial charge in [0.15, 0.2) is 0 Å². The molecule has 0 aliphatic rings. The molecule has 0 fully saturated rings. The number of ether oxygens (including phenoxy) is 1. The van der Waals surface area contributed by atoms with Crippen LogP contribution in [0.1, 0.15) is 19.3 Å². The molecule has 104 valence electrons. The highest BCUT2D eigenvalue weighted by atomic mass is 32.2. The lowest BCUT2D eigenvalue weighted by atomic mass is 10.2. The minimum Gasteiger partial charge on any atom is -0.473 e.